The van der Waals surface area contributed by atoms with Gasteiger partial charge in [-0.3, -0.25) is 4.99 Å². The zero-order valence-electron chi connectivity index (χ0n) is 29.0. The molecule has 5 heteroatoms. The minimum atomic E-state index is -0.0978. The van der Waals surface area contributed by atoms with E-state index >= 15 is 0 Å². The van der Waals surface area contributed by atoms with Crippen molar-refractivity contribution in [1.29, 1.82) is 0 Å². The Hall–Kier alpha value is -6.30. The number of aliphatic imine (C=N–C) groups is 2. The van der Waals surface area contributed by atoms with Gasteiger partial charge < -0.3 is 8.98 Å². The van der Waals surface area contributed by atoms with Gasteiger partial charge >= 0.3 is 0 Å². The molecule has 11 rings (SSSR count). The number of para-hydroxylation sites is 1. The second-order valence-corrected chi connectivity index (χ2v) is 15.0. The summed E-state index contributed by atoms with van der Waals surface area (Å²) in [5.41, 5.74) is 9.61. The van der Waals surface area contributed by atoms with Crippen molar-refractivity contribution in [3.05, 3.63) is 174 Å². The van der Waals surface area contributed by atoms with Crippen LogP contribution in [0.3, 0.4) is 0 Å². The number of hydrogen-bond donors (Lipinski definition) is 0. The lowest BCUT2D eigenvalue weighted by Gasteiger charge is -2.29. The van der Waals surface area contributed by atoms with Gasteiger partial charge in [0.1, 0.15) is 11.2 Å². The normalized spacial score (nSPS) is 16.3. The lowest BCUT2D eigenvalue weighted by Crippen LogP contribution is -2.28. The lowest BCUT2D eigenvalue weighted by atomic mass is 9.83. The highest BCUT2D eigenvalue weighted by Gasteiger charge is 2.32. The highest BCUT2D eigenvalue weighted by molar-refractivity contribution is 7.26. The maximum absolute atomic E-state index is 6.76. The maximum Gasteiger partial charge on any atom is 0.155 e. The second-order valence-electron chi connectivity index (χ2n) is 14.0. The van der Waals surface area contributed by atoms with Crippen LogP contribution < -0.4 is 0 Å². The van der Waals surface area contributed by atoms with Crippen LogP contribution in [0.4, 0.5) is 0 Å². The van der Waals surface area contributed by atoms with Crippen LogP contribution in [0.5, 0.6) is 0 Å². The Morgan fingerprint density at radius 3 is 2.09 bits per heavy atom. The molecule has 3 aromatic heterocycles. The van der Waals surface area contributed by atoms with E-state index in [0.717, 1.165) is 62.3 Å². The van der Waals surface area contributed by atoms with Gasteiger partial charge in [0.15, 0.2) is 5.84 Å². The molecule has 4 heterocycles. The molecule has 1 aliphatic heterocycles. The molecule has 2 atom stereocenters. The van der Waals surface area contributed by atoms with Crippen LogP contribution in [0.15, 0.2) is 172 Å². The van der Waals surface area contributed by atoms with Crippen LogP contribution in [0.25, 0.3) is 69.6 Å². The monoisotopic (exact) mass is 699 g/mol. The summed E-state index contributed by atoms with van der Waals surface area (Å²) in [7, 11) is 0. The number of rotatable bonds is 5. The predicted molar refractivity (Wildman–Crippen MR) is 223 cm³/mol. The molecule has 0 aliphatic carbocycles. The summed E-state index contributed by atoms with van der Waals surface area (Å²) in [6, 6.07) is 56.2. The Balaban J connectivity index is 1.05. The third kappa shape index (κ3) is 4.67. The Labute approximate surface area is 310 Å². The fourth-order valence-corrected chi connectivity index (χ4v) is 9.81. The molecular formula is C48H33N3OS. The summed E-state index contributed by atoms with van der Waals surface area (Å²) in [4.78, 5) is 10.5. The second kappa shape index (κ2) is 11.9. The molecule has 252 valence electrons. The number of aromatic nitrogens is 1. The SMILES string of the molecule is CCC1C(c2ccccc2)=NC(c2ccccc2)=NC1c1ccc2c(c1)oc1cc(-n3c4ccccc4c4c5sc6ccccc6c5ccc43)ccc12. The largest absolute Gasteiger partial charge is 0.456 e. The van der Waals surface area contributed by atoms with Crippen LogP contribution in [0.2, 0.25) is 0 Å². The summed E-state index contributed by atoms with van der Waals surface area (Å²) in [5, 5.41) is 7.42. The molecule has 2 unspecified atom stereocenters. The Kier molecular flexibility index (Phi) is 6.80. The van der Waals surface area contributed by atoms with E-state index in [1.54, 1.807) is 0 Å². The molecule has 4 nitrogen and oxygen atoms in total. The average molecular weight is 700 g/mol. The van der Waals surface area contributed by atoms with Gasteiger partial charge in [-0.2, -0.15) is 0 Å². The summed E-state index contributed by atoms with van der Waals surface area (Å²) >= 11 is 1.88. The van der Waals surface area contributed by atoms with Crippen LogP contribution in [0, 0.1) is 5.92 Å². The zero-order valence-corrected chi connectivity index (χ0v) is 29.8. The molecule has 0 saturated carbocycles. The predicted octanol–water partition coefficient (Wildman–Crippen LogP) is 13.1. The van der Waals surface area contributed by atoms with Crippen LogP contribution in [-0.2, 0) is 0 Å². The van der Waals surface area contributed by atoms with Crippen molar-refractivity contribution in [3.8, 4) is 5.69 Å². The van der Waals surface area contributed by atoms with Gasteiger partial charge in [0.25, 0.3) is 0 Å². The third-order valence-corrected chi connectivity index (χ3v) is 12.2. The van der Waals surface area contributed by atoms with E-state index in [1.165, 1.54) is 42.0 Å². The molecule has 7 aromatic carbocycles. The topological polar surface area (TPSA) is 42.8 Å². The fraction of sp³-hybridized carbons (Fsp3) is 0.0833. The van der Waals surface area contributed by atoms with E-state index in [2.05, 4.69) is 163 Å². The van der Waals surface area contributed by atoms with Gasteiger partial charge in [0.2, 0.25) is 0 Å². The molecule has 53 heavy (non-hydrogen) atoms. The van der Waals surface area contributed by atoms with Crippen molar-refractivity contribution >= 4 is 86.8 Å². The number of hydrogen-bond acceptors (Lipinski definition) is 4. The number of fused-ring (bicyclic) bond motifs is 10. The van der Waals surface area contributed by atoms with Crippen molar-refractivity contribution in [2.75, 3.05) is 0 Å². The summed E-state index contributed by atoms with van der Waals surface area (Å²) in [6.07, 6.45) is 0.915. The lowest BCUT2D eigenvalue weighted by molar-refractivity contribution is 0.532. The van der Waals surface area contributed by atoms with Gasteiger partial charge in [0, 0.05) is 65.0 Å². The van der Waals surface area contributed by atoms with Gasteiger partial charge in [-0.25, -0.2) is 4.99 Å². The molecule has 0 bridgehead atoms. The molecule has 0 radical (unpaired) electrons. The molecule has 0 amide bonds. The van der Waals surface area contributed by atoms with Gasteiger partial charge in [-0.15, -0.1) is 11.3 Å². The summed E-state index contributed by atoms with van der Waals surface area (Å²) < 4.78 is 11.8. The van der Waals surface area contributed by atoms with E-state index in [1.807, 2.05) is 17.4 Å². The summed E-state index contributed by atoms with van der Waals surface area (Å²) in [5.74, 6) is 0.897. The zero-order chi connectivity index (χ0) is 35.0. The molecule has 10 aromatic rings. The van der Waals surface area contributed by atoms with E-state index in [-0.39, 0.29) is 12.0 Å². The quantitative estimate of drug-likeness (QED) is 0.176. The number of benzene rings is 7. The van der Waals surface area contributed by atoms with E-state index < -0.39 is 0 Å². The average Bonchev–Trinajstić information content (AvgIpc) is 3.89. The number of furan rings is 1. The van der Waals surface area contributed by atoms with Crippen molar-refractivity contribution in [2.45, 2.75) is 19.4 Å². The van der Waals surface area contributed by atoms with Crippen LogP contribution in [0.1, 0.15) is 36.1 Å². The van der Waals surface area contributed by atoms with Gasteiger partial charge in [-0.1, -0.05) is 122 Å². The Morgan fingerprint density at radius 2 is 1.28 bits per heavy atom. The van der Waals surface area contributed by atoms with Crippen molar-refractivity contribution in [3.63, 3.8) is 0 Å². The van der Waals surface area contributed by atoms with Crippen molar-refractivity contribution in [1.82, 2.24) is 4.57 Å². The summed E-state index contributed by atoms with van der Waals surface area (Å²) in [6.45, 7) is 2.24. The Morgan fingerprint density at radius 1 is 0.604 bits per heavy atom. The first kappa shape index (κ1) is 30.3. The molecule has 0 fully saturated rings. The van der Waals surface area contributed by atoms with Crippen LogP contribution in [-0.4, -0.2) is 16.1 Å². The molecule has 1 aliphatic rings. The first-order valence-corrected chi connectivity index (χ1v) is 19.1. The molecular weight excluding hydrogens is 667 g/mol. The number of thiophene rings is 1. The van der Waals surface area contributed by atoms with Gasteiger partial charge in [-0.05, 0) is 53.9 Å². The highest BCUT2D eigenvalue weighted by Crippen LogP contribution is 2.44. The minimum Gasteiger partial charge on any atom is -0.456 e. The minimum absolute atomic E-state index is 0.0978. The Bertz CT molecular complexity index is 3110. The molecule has 0 spiro atoms. The number of amidine groups is 1. The fourth-order valence-electron chi connectivity index (χ4n) is 8.55. The first-order valence-electron chi connectivity index (χ1n) is 18.3. The van der Waals surface area contributed by atoms with E-state index in [0.29, 0.717) is 0 Å². The smallest absolute Gasteiger partial charge is 0.155 e. The van der Waals surface area contributed by atoms with E-state index in [9.17, 15) is 0 Å². The standard InChI is InChI=1S/C48H33N3OS/c1-2-33-45(29-13-5-3-6-14-29)49-48(30-15-7-4-8-16-30)50-46(33)31-21-23-34-35-24-22-32(28-42(35)52-41(34)27-31)51-39-19-11-9-18-38(39)44-40(51)26-25-37-36-17-10-12-20-43(36)53-47(37)44/h3-28,33,46H,2H2,1H3. The molecule has 0 saturated heterocycles. The number of nitrogens with zero attached hydrogens (tertiary/aromatic N) is 3. The van der Waals surface area contributed by atoms with E-state index in [4.69, 9.17) is 14.4 Å². The van der Waals surface area contributed by atoms with Gasteiger partial charge in [0.05, 0.1) is 22.8 Å². The van der Waals surface area contributed by atoms with Crippen molar-refractivity contribution in [2.24, 2.45) is 15.9 Å². The molecule has 0 N–H and O–H groups in total. The van der Waals surface area contributed by atoms with Crippen LogP contribution >= 0.6 is 11.3 Å². The van der Waals surface area contributed by atoms with Crippen molar-refractivity contribution < 1.29 is 4.42 Å². The maximum atomic E-state index is 6.76. The third-order valence-electron chi connectivity index (χ3n) is 11.0. The highest BCUT2D eigenvalue weighted by atomic mass is 32.1. The first-order chi connectivity index (χ1) is 26.2.